The zero-order valence-electron chi connectivity index (χ0n) is 9.70. The molecular formula is C11H9BrF3N3S. The van der Waals surface area contributed by atoms with Gasteiger partial charge in [0.05, 0.1) is 0 Å². The van der Waals surface area contributed by atoms with E-state index in [1.54, 1.807) is 12.1 Å². The first kappa shape index (κ1) is 14.3. The summed E-state index contributed by atoms with van der Waals surface area (Å²) < 4.78 is 38.5. The molecular weight excluding hydrogens is 343 g/mol. The molecule has 0 fully saturated rings. The molecule has 102 valence electrons. The number of hydrogen-bond donors (Lipinski definition) is 1. The lowest BCUT2D eigenvalue weighted by Crippen LogP contribution is -2.17. The Balaban J connectivity index is 2.11. The van der Waals surface area contributed by atoms with Crippen LogP contribution in [-0.2, 0) is 0 Å². The number of benzene rings is 1. The number of anilines is 2. The fourth-order valence-corrected chi connectivity index (χ4v) is 2.36. The van der Waals surface area contributed by atoms with Crippen molar-refractivity contribution >= 4 is 38.1 Å². The number of rotatable bonds is 3. The fraction of sp³-hybridized carbons (Fsp3) is 0.273. The van der Waals surface area contributed by atoms with Crippen molar-refractivity contribution in [3.8, 4) is 0 Å². The molecule has 3 nitrogen and oxygen atoms in total. The third-order valence-corrected chi connectivity index (χ3v) is 3.95. The molecule has 2 aromatic rings. The summed E-state index contributed by atoms with van der Waals surface area (Å²) in [5.74, 6) is -1.61. The van der Waals surface area contributed by atoms with Gasteiger partial charge >= 0.3 is 6.18 Å². The Hall–Kier alpha value is -1.15. The molecule has 1 aromatic carbocycles. The first-order valence-electron chi connectivity index (χ1n) is 5.29. The van der Waals surface area contributed by atoms with Crippen molar-refractivity contribution in [2.24, 2.45) is 0 Å². The Kier molecular flexibility index (Phi) is 4.10. The van der Waals surface area contributed by atoms with Crippen LogP contribution in [0.15, 0.2) is 28.7 Å². The number of nitrogens with one attached hydrogen (secondary N) is 1. The Morgan fingerprint density at radius 1 is 1.21 bits per heavy atom. The maximum Gasteiger partial charge on any atom is 0.397 e. The lowest BCUT2D eigenvalue weighted by molar-refractivity contribution is -0.146. The Morgan fingerprint density at radius 3 is 2.42 bits per heavy atom. The zero-order chi connectivity index (χ0) is 14.0. The highest BCUT2D eigenvalue weighted by Crippen LogP contribution is 2.36. The van der Waals surface area contributed by atoms with E-state index < -0.39 is 12.1 Å². The predicted octanol–water partition coefficient (Wildman–Crippen LogP) is 4.71. The van der Waals surface area contributed by atoms with Crippen molar-refractivity contribution in [3.05, 3.63) is 33.7 Å². The van der Waals surface area contributed by atoms with E-state index in [-0.39, 0.29) is 5.01 Å². The third kappa shape index (κ3) is 3.66. The maximum absolute atomic E-state index is 12.5. The monoisotopic (exact) mass is 351 g/mol. The van der Waals surface area contributed by atoms with E-state index in [2.05, 4.69) is 31.4 Å². The normalized spacial score (nSPS) is 13.3. The molecule has 1 aromatic heterocycles. The Labute approximate surface area is 120 Å². The van der Waals surface area contributed by atoms with Gasteiger partial charge in [0, 0.05) is 10.2 Å². The van der Waals surface area contributed by atoms with Gasteiger partial charge in [-0.05, 0) is 31.2 Å². The molecule has 1 unspecified atom stereocenters. The van der Waals surface area contributed by atoms with E-state index >= 15 is 0 Å². The van der Waals surface area contributed by atoms with Crippen LogP contribution in [0.25, 0.3) is 0 Å². The summed E-state index contributed by atoms with van der Waals surface area (Å²) >= 11 is 4.20. The lowest BCUT2D eigenvalue weighted by atomic mass is 10.2. The Morgan fingerprint density at radius 2 is 1.84 bits per heavy atom. The number of nitrogens with zero attached hydrogens (tertiary/aromatic N) is 2. The molecule has 0 spiro atoms. The van der Waals surface area contributed by atoms with E-state index in [0.717, 1.165) is 28.4 Å². The second kappa shape index (κ2) is 5.46. The standard InChI is InChI=1S/C11H9BrF3N3S/c1-6(11(13,14)15)9-17-18-10(19-9)16-8-4-2-7(12)3-5-8/h2-6H,1H3,(H,16,18). The van der Waals surface area contributed by atoms with Gasteiger partial charge in [-0.3, -0.25) is 0 Å². The Bertz CT molecular complexity index is 553. The largest absolute Gasteiger partial charge is 0.397 e. The van der Waals surface area contributed by atoms with Gasteiger partial charge in [0.25, 0.3) is 0 Å². The molecule has 1 heterocycles. The summed E-state index contributed by atoms with van der Waals surface area (Å²) in [5.41, 5.74) is 0.741. The topological polar surface area (TPSA) is 37.8 Å². The summed E-state index contributed by atoms with van der Waals surface area (Å²) in [4.78, 5) is 0. The quantitative estimate of drug-likeness (QED) is 0.869. The minimum atomic E-state index is -4.30. The fourth-order valence-electron chi connectivity index (χ4n) is 1.26. The van der Waals surface area contributed by atoms with E-state index in [1.165, 1.54) is 0 Å². The molecule has 0 aliphatic carbocycles. The van der Waals surface area contributed by atoms with Gasteiger partial charge < -0.3 is 5.32 Å². The number of alkyl halides is 3. The summed E-state index contributed by atoms with van der Waals surface area (Å²) in [6.07, 6.45) is -4.30. The lowest BCUT2D eigenvalue weighted by Gasteiger charge is -2.11. The molecule has 19 heavy (non-hydrogen) atoms. The van der Waals surface area contributed by atoms with Gasteiger partial charge in [-0.2, -0.15) is 13.2 Å². The van der Waals surface area contributed by atoms with Crippen molar-refractivity contribution < 1.29 is 13.2 Å². The molecule has 0 saturated carbocycles. The second-order valence-electron chi connectivity index (χ2n) is 3.84. The summed E-state index contributed by atoms with van der Waals surface area (Å²) in [7, 11) is 0. The van der Waals surface area contributed by atoms with E-state index in [4.69, 9.17) is 0 Å². The van der Waals surface area contributed by atoms with Crippen molar-refractivity contribution in [2.45, 2.75) is 19.0 Å². The maximum atomic E-state index is 12.5. The first-order chi connectivity index (χ1) is 8.86. The van der Waals surface area contributed by atoms with Gasteiger partial charge in [-0.25, -0.2) is 0 Å². The van der Waals surface area contributed by atoms with Crippen molar-refractivity contribution in [1.29, 1.82) is 0 Å². The number of aromatic nitrogens is 2. The second-order valence-corrected chi connectivity index (χ2v) is 5.77. The molecule has 1 N–H and O–H groups in total. The van der Waals surface area contributed by atoms with Crippen LogP contribution in [0, 0.1) is 0 Å². The molecule has 0 saturated heterocycles. The first-order valence-corrected chi connectivity index (χ1v) is 6.90. The van der Waals surface area contributed by atoms with Crippen molar-refractivity contribution in [1.82, 2.24) is 10.2 Å². The van der Waals surface area contributed by atoms with E-state index in [1.807, 2.05) is 12.1 Å². The SMILES string of the molecule is CC(c1nnc(Nc2ccc(Br)cc2)s1)C(F)(F)F. The highest BCUT2D eigenvalue weighted by atomic mass is 79.9. The van der Waals surface area contributed by atoms with E-state index in [0.29, 0.717) is 5.13 Å². The predicted molar refractivity (Wildman–Crippen MR) is 71.8 cm³/mol. The molecule has 0 radical (unpaired) electrons. The van der Waals surface area contributed by atoms with Gasteiger partial charge in [-0.15, -0.1) is 10.2 Å². The van der Waals surface area contributed by atoms with Crippen LogP contribution in [-0.4, -0.2) is 16.4 Å². The van der Waals surface area contributed by atoms with Crippen molar-refractivity contribution in [2.75, 3.05) is 5.32 Å². The summed E-state index contributed by atoms with van der Waals surface area (Å²) in [6, 6.07) is 7.22. The molecule has 0 aliphatic heterocycles. The summed E-state index contributed by atoms with van der Waals surface area (Å²) in [6.45, 7) is 1.07. The van der Waals surface area contributed by atoms with Gasteiger partial charge in [0.2, 0.25) is 5.13 Å². The molecule has 0 amide bonds. The van der Waals surface area contributed by atoms with Crippen LogP contribution < -0.4 is 5.32 Å². The average molecular weight is 352 g/mol. The van der Waals surface area contributed by atoms with Crippen LogP contribution in [0.4, 0.5) is 24.0 Å². The molecule has 2 rings (SSSR count). The van der Waals surface area contributed by atoms with Crippen molar-refractivity contribution in [3.63, 3.8) is 0 Å². The number of hydrogen-bond acceptors (Lipinski definition) is 4. The smallest absolute Gasteiger partial charge is 0.330 e. The molecule has 0 bridgehead atoms. The van der Waals surface area contributed by atoms with Crippen LogP contribution in [0.5, 0.6) is 0 Å². The van der Waals surface area contributed by atoms with Crippen LogP contribution in [0.2, 0.25) is 0 Å². The molecule has 0 aliphatic rings. The molecule has 1 atom stereocenters. The van der Waals surface area contributed by atoms with Crippen LogP contribution in [0.1, 0.15) is 17.8 Å². The molecule has 8 heteroatoms. The van der Waals surface area contributed by atoms with Crippen LogP contribution in [0.3, 0.4) is 0 Å². The highest BCUT2D eigenvalue weighted by molar-refractivity contribution is 9.10. The van der Waals surface area contributed by atoms with Gasteiger partial charge in [-0.1, -0.05) is 27.3 Å². The highest BCUT2D eigenvalue weighted by Gasteiger charge is 2.39. The van der Waals surface area contributed by atoms with E-state index in [9.17, 15) is 13.2 Å². The van der Waals surface area contributed by atoms with Gasteiger partial charge in [0.1, 0.15) is 10.9 Å². The third-order valence-electron chi connectivity index (χ3n) is 2.40. The summed E-state index contributed by atoms with van der Waals surface area (Å²) in [5, 5.41) is 10.5. The van der Waals surface area contributed by atoms with Gasteiger partial charge in [0.15, 0.2) is 0 Å². The van der Waals surface area contributed by atoms with Crippen LogP contribution >= 0.6 is 27.3 Å². The average Bonchev–Trinajstić information content (AvgIpc) is 2.78. The minimum Gasteiger partial charge on any atom is -0.330 e. The zero-order valence-corrected chi connectivity index (χ0v) is 12.1. The minimum absolute atomic E-state index is 0.0490. The number of halogens is 4.